The largest absolute Gasteiger partial charge is 0.330 e. The number of benzene rings is 1. The lowest BCUT2D eigenvalue weighted by atomic mass is 9.73. The number of nitrogens with two attached hydrogens (primary N) is 1. The average Bonchev–Trinajstić information content (AvgIpc) is 2.47. The number of halogens is 1. The maximum atomic E-state index is 6.10. The first kappa shape index (κ1) is 15.8. The maximum absolute atomic E-state index is 6.10. The minimum absolute atomic E-state index is 0.319. The van der Waals surface area contributed by atoms with Crippen molar-refractivity contribution in [3.63, 3.8) is 0 Å². The quantitative estimate of drug-likeness (QED) is 0.880. The minimum Gasteiger partial charge on any atom is -0.330 e. The summed E-state index contributed by atoms with van der Waals surface area (Å²) in [6.07, 6.45) is 6.58. The third kappa shape index (κ3) is 3.75. The molecule has 1 aliphatic carbocycles. The fourth-order valence-corrected chi connectivity index (χ4v) is 3.61. The molecular weight excluding hydrogens is 268 g/mol. The summed E-state index contributed by atoms with van der Waals surface area (Å²) >= 11 is 6.10. The van der Waals surface area contributed by atoms with Crippen LogP contribution >= 0.6 is 11.6 Å². The first-order valence-corrected chi connectivity index (χ1v) is 8.10. The van der Waals surface area contributed by atoms with Crippen molar-refractivity contribution in [2.45, 2.75) is 45.1 Å². The molecule has 2 rings (SSSR count). The molecule has 112 valence electrons. The van der Waals surface area contributed by atoms with E-state index in [-0.39, 0.29) is 0 Å². The molecule has 0 spiro atoms. The number of nitrogens with zero attached hydrogens (tertiary/aromatic N) is 1. The van der Waals surface area contributed by atoms with E-state index in [4.69, 9.17) is 17.3 Å². The van der Waals surface area contributed by atoms with Gasteiger partial charge in [0.15, 0.2) is 0 Å². The Hall–Kier alpha value is -0.570. The number of hydrogen-bond donors (Lipinski definition) is 1. The molecule has 2 N–H and O–H groups in total. The fraction of sp³-hybridized carbons (Fsp3) is 0.647. The summed E-state index contributed by atoms with van der Waals surface area (Å²) in [4.78, 5) is 2.43. The highest BCUT2D eigenvalue weighted by Gasteiger charge is 2.32. The van der Waals surface area contributed by atoms with Crippen molar-refractivity contribution >= 4 is 11.6 Å². The molecule has 2 nitrogen and oxygen atoms in total. The van der Waals surface area contributed by atoms with Crippen LogP contribution in [0.2, 0.25) is 5.02 Å². The van der Waals surface area contributed by atoms with Gasteiger partial charge in [0.05, 0.1) is 0 Å². The van der Waals surface area contributed by atoms with Crippen molar-refractivity contribution in [3.8, 4) is 0 Å². The molecule has 0 aliphatic heterocycles. The van der Waals surface area contributed by atoms with Crippen molar-refractivity contribution in [2.75, 3.05) is 20.1 Å². The van der Waals surface area contributed by atoms with Gasteiger partial charge in [-0.25, -0.2) is 0 Å². The molecule has 0 bridgehead atoms. The molecule has 1 aliphatic rings. The summed E-state index contributed by atoms with van der Waals surface area (Å²) in [5.74, 6) is 0. The zero-order valence-electron chi connectivity index (χ0n) is 12.7. The highest BCUT2D eigenvalue weighted by molar-refractivity contribution is 6.30. The molecule has 1 unspecified atom stereocenters. The molecule has 0 heterocycles. The Morgan fingerprint density at radius 1 is 1.30 bits per heavy atom. The second-order valence-electron chi connectivity index (χ2n) is 6.41. The first-order valence-electron chi connectivity index (χ1n) is 7.72. The van der Waals surface area contributed by atoms with E-state index >= 15 is 0 Å². The normalized spacial score (nSPS) is 20.1. The summed E-state index contributed by atoms with van der Waals surface area (Å²) < 4.78 is 0. The van der Waals surface area contributed by atoms with Gasteiger partial charge in [-0.15, -0.1) is 0 Å². The van der Waals surface area contributed by atoms with Crippen LogP contribution in [-0.2, 0) is 0 Å². The van der Waals surface area contributed by atoms with Gasteiger partial charge in [0.2, 0.25) is 0 Å². The van der Waals surface area contributed by atoms with Crippen LogP contribution in [0.1, 0.15) is 50.6 Å². The van der Waals surface area contributed by atoms with E-state index in [9.17, 15) is 0 Å². The lowest BCUT2D eigenvalue weighted by Gasteiger charge is -2.41. The Morgan fingerprint density at radius 2 is 2.00 bits per heavy atom. The standard InChI is InChI=1S/C17H27ClN2/c1-14(15-7-6-8-16(18)11-15)20(2)13-17(12-19)9-4-3-5-10-17/h6-8,11,14H,3-5,9-10,12-13,19H2,1-2H3. The van der Waals surface area contributed by atoms with E-state index < -0.39 is 0 Å². The lowest BCUT2D eigenvalue weighted by molar-refractivity contribution is 0.106. The van der Waals surface area contributed by atoms with Crippen LogP contribution in [0.15, 0.2) is 24.3 Å². The Kier molecular flexibility index (Phi) is 5.48. The minimum atomic E-state index is 0.319. The Balaban J connectivity index is 2.04. The van der Waals surface area contributed by atoms with Gasteiger partial charge in [-0.05, 0) is 56.5 Å². The number of hydrogen-bond acceptors (Lipinski definition) is 2. The lowest BCUT2D eigenvalue weighted by Crippen LogP contribution is -2.43. The van der Waals surface area contributed by atoms with Crippen LogP contribution in [-0.4, -0.2) is 25.0 Å². The van der Waals surface area contributed by atoms with E-state index in [1.54, 1.807) is 0 Å². The fourth-order valence-electron chi connectivity index (χ4n) is 3.42. The smallest absolute Gasteiger partial charge is 0.0409 e. The zero-order chi connectivity index (χ0) is 14.6. The Bertz CT molecular complexity index is 427. The first-order chi connectivity index (χ1) is 9.56. The van der Waals surface area contributed by atoms with E-state index in [2.05, 4.69) is 31.0 Å². The molecule has 1 fully saturated rings. The van der Waals surface area contributed by atoms with Gasteiger partial charge in [-0.2, -0.15) is 0 Å². The summed E-state index contributed by atoms with van der Waals surface area (Å²) in [6.45, 7) is 4.13. The predicted octanol–water partition coefficient (Wildman–Crippen LogP) is 4.24. The van der Waals surface area contributed by atoms with Gasteiger partial charge >= 0.3 is 0 Å². The van der Waals surface area contributed by atoms with E-state index in [0.29, 0.717) is 11.5 Å². The highest BCUT2D eigenvalue weighted by Crippen LogP contribution is 2.37. The molecule has 1 aromatic carbocycles. The van der Waals surface area contributed by atoms with Gasteiger partial charge in [-0.3, -0.25) is 4.90 Å². The summed E-state index contributed by atoms with van der Waals surface area (Å²) in [5.41, 5.74) is 7.70. The molecule has 0 radical (unpaired) electrons. The summed E-state index contributed by atoms with van der Waals surface area (Å²) in [7, 11) is 2.21. The monoisotopic (exact) mass is 294 g/mol. The van der Waals surface area contributed by atoms with E-state index in [1.165, 1.54) is 37.7 Å². The molecule has 1 saturated carbocycles. The van der Waals surface area contributed by atoms with Gasteiger partial charge in [0.25, 0.3) is 0 Å². The molecule has 3 heteroatoms. The van der Waals surface area contributed by atoms with Crippen molar-refractivity contribution in [1.82, 2.24) is 4.90 Å². The number of rotatable bonds is 5. The van der Waals surface area contributed by atoms with Crippen LogP contribution in [0.3, 0.4) is 0 Å². The van der Waals surface area contributed by atoms with Crippen molar-refractivity contribution in [2.24, 2.45) is 11.1 Å². The molecule has 1 atom stereocenters. The van der Waals surface area contributed by atoms with Crippen LogP contribution in [0.25, 0.3) is 0 Å². The highest BCUT2D eigenvalue weighted by atomic mass is 35.5. The van der Waals surface area contributed by atoms with Gasteiger partial charge < -0.3 is 5.73 Å². The third-order valence-electron chi connectivity index (χ3n) is 4.92. The zero-order valence-corrected chi connectivity index (χ0v) is 13.5. The molecule has 0 aromatic heterocycles. The predicted molar refractivity (Wildman–Crippen MR) is 87.1 cm³/mol. The molecule has 20 heavy (non-hydrogen) atoms. The molecular formula is C17H27ClN2. The second kappa shape index (κ2) is 6.93. The van der Waals surface area contributed by atoms with Gasteiger partial charge in [-0.1, -0.05) is 43.0 Å². The SMILES string of the molecule is CC(c1cccc(Cl)c1)N(C)CC1(CN)CCCCC1. The van der Waals surface area contributed by atoms with Crippen LogP contribution in [0.4, 0.5) is 0 Å². The van der Waals surface area contributed by atoms with Gasteiger partial charge in [0.1, 0.15) is 0 Å². The maximum Gasteiger partial charge on any atom is 0.0409 e. The molecule has 0 saturated heterocycles. The average molecular weight is 295 g/mol. The summed E-state index contributed by atoms with van der Waals surface area (Å²) in [5, 5.41) is 0.814. The second-order valence-corrected chi connectivity index (χ2v) is 6.85. The van der Waals surface area contributed by atoms with Crippen molar-refractivity contribution in [3.05, 3.63) is 34.9 Å². The Labute approximate surface area is 128 Å². The molecule has 1 aromatic rings. The van der Waals surface area contributed by atoms with Gasteiger partial charge in [0, 0.05) is 17.6 Å². The van der Waals surface area contributed by atoms with E-state index in [1.807, 2.05) is 12.1 Å². The Morgan fingerprint density at radius 3 is 2.60 bits per heavy atom. The molecule has 0 amide bonds. The van der Waals surface area contributed by atoms with Crippen molar-refractivity contribution in [1.29, 1.82) is 0 Å². The van der Waals surface area contributed by atoms with Crippen molar-refractivity contribution < 1.29 is 0 Å². The third-order valence-corrected chi connectivity index (χ3v) is 5.16. The van der Waals surface area contributed by atoms with E-state index in [0.717, 1.165) is 18.1 Å². The van der Waals surface area contributed by atoms with Crippen LogP contribution < -0.4 is 5.73 Å². The van der Waals surface area contributed by atoms with Crippen LogP contribution in [0, 0.1) is 5.41 Å². The topological polar surface area (TPSA) is 29.3 Å². The van der Waals surface area contributed by atoms with Crippen LogP contribution in [0.5, 0.6) is 0 Å². The summed E-state index contributed by atoms with van der Waals surface area (Å²) in [6, 6.07) is 8.56.